The van der Waals surface area contributed by atoms with Crippen LogP contribution in [0.2, 0.25) is 0 Å². The molecule has 2 atom stereocenters. The fourth-order valence-electron chi connectivity index (χ4n) is 2.48. The van der Waals surface area contributed by atoms with Crippen LogP contribution in [0.4, 0.5) is 0 Å². The van der Waals surface area contributed by atoms with E-state index in [1.54, 1.807) is 24.3 Å². The van der Waals surface area contributed by atoms with E-state index >= 15 is 0 Å². The van der Waals surface area contributed by atoms with Crippen LogP contribution in [0.15, 0.2) is 59.1 Å². The molecular formula is C22H21Cl2NO3. The number of aromatic nitrogens is 1. The number of carbonyl (C=O) groups is 1. The number of hydrogen-bond donors (Lipinski definition) is 0. The number of allylic oxidation sites excluding steroid dienone is 1. The second kappa shape index (κ2) is 10.8. The lowest BCUT2D eigenvalue weighted by molar-refractivity contribution is -0.153. The fraction of sp³-hybridized carbons (Fsp3) is 0.273. The first-order valence-electron chi connectivity index (χ1n) is 8.78. The largest absolute Gasteiger partial charge is 0.442 e. The van der Waals surface area contributed by atoms with Gasteiger partial charge in [0.1, 0.15) is 10.2 Å². The Hall–Kier alpha value is -2.48. The van der Waals surface area contributed by atoms with Crippen molar-refractivity contribution in [3.8, 4) is 24.0 Å². The van der Waals surface area contributed by atoms with Crippen molar-refractivity contribution in [2.24, 2.45) is 11.8 Å². The second-order valence-electron chi connectivity index (χ2n) is 6.38. The number of carbonyl (C=O) groups excluding carboxylic acids is 1. The van der Waals surface area contributed by atoms with E-state index in [4.69, 9.17) is 39.1 Å². The van der Waals surface area contributed by atoms with Gasteiger partial charge >= 0.3 is 5.97 Å². The summed E-state index contributed by atoms with van der Waals surface area (Å²) in [6.45, 7) is 3.83. The van der Waals surface area contributed by atoms with E-state index in [0.29, 0.717) is 23.7 Å². The first kappa shape index (κ1) is 21.8. The molecule has 4 nitrogen and oxygen atoms in total. The molecule has 2 unspecified atom stereocenters. The molecule has 146 valence electrons. The van der Waals surface area contributed by atoms with Gasteiger partial charge in [0, 0.05) is 6.07 Å². The minimum Gasteiger partial charge on any atom is -0.442 e. The van der Waals surface area contributed by atoms with Crippen molar-refractivity contribution in [2.45, 2.75) is 26.4 Å². The highest BCUT2D eigenvalue weighted by Gasteiger charge is 2.26. The van der Waals surface area contributed by atoms with Crippen LogP contribution < -0.4 is 4.74 Å². The number of terminal acetylenes is 1. The molecule has 1 aromatic carbocycles. The van der Waals surface area contributed by atoms with Crippen molar-refractivity contribution in [1.29, 1.82) is 0 Å². The molecule has 0 spiro atoms. The standard InChI is InChI=1S/C22H21Cl2NO3/c1-4-19(28-22(26)17(15(2)3)13-14-20(23)24)18-11-8-12-21(25-18)27-16-9-6-5-7-10-16/h1,5-12,14-15,17,19H,13H2,2-3H3. The van der Waals surface area contributed by atoms with Crippen LogP contribution in [0.5, 0.6) is 11.6 Å². The van der Waals surface area contributed by atoms with Crippen molar-refractivity contribution >= 4 is 29.2 Å². The molecule has 1 heterocycles. The van der Waals surface area contributed by atoms with Crippen molar-refractivity contribution in [1.82, 2.24) is 4.98 Å². The number of rotatable bonds is 8. The summed E-state index contributed by atoms with van der Waals surface area (Å²) in [5, 5.41) is 0. The number of para-hydroxylation sites is 1. The van der Waals surface area contributed by atoms with Crippen molar-refractivity contribution in [3.63, 3.8) is 0 Å². The highest BCUT2D eigenvalue weighted by molar-refractivity contribution is 6.55. The summed E-state index contributed by atoms with van der Waals surface area (Å²) in [6.07, 6.45) is 6.60. The lowest BCUT2D eigenvalue weighted by atomic mass is 9.92. The van der Waals surface area contributed by atoms with E-state index in [1.165, 1.54) is 0 Å². The molecular weight excluding hydrogens is 397 g/mol. The molecule has 2 aromatic rings. The van der Waals surface area contributed by atoms with Crippen molar-refractivity contribution < 1.29 is 14.3 Å². The zero-order valence-corrected chi connectivity index (χ0v) is 17.2. The number of pyridine rings is 1. The molecule has 0 fully saturated rings. The van der Waals surface area contributed by atoms with Crippen molar-refractivity contribution in [3.05, 3.63) is 64.8 Å². The molecule has 0 amide bonds. The minimum absolute atomic E-state index is 0.0237. The van der Waals surface area contributed by atoms with Gasteiger partial charge in [0.15, 0.2) is 0 Å². The Labute approximate surface area is 175 Å². The Morgan fingerprint density at radius 2 is 1.89 bits per heavy atom. The predicted octanol–water partition coefficient (Wildman–Crippen LogP) is 6.07. The van der Waals surface area contributed by atoms with E-state index in [0.717, 1.165) is 0 Å². The van der Waals surface area contributed by atoms with Gasteiger partial charge in [-0.1, -0.05) is 73.3 Å². The number of benzene rings is 1. The molecule has 0 radical (unpaired) electrons. The van der Waals surface area contributed by atoms with E-state index in [2.05, 4.69) is 10.9 Å². The quantitative estimate of drug-likeness (QED) is 0.386. The smallest absolute Gasteiger partial charge is 0.311 e. The first-order valence-corrected chi connectivity index (χ1v) is 9.54. The molecule has 0 N–H and O–H groups in total. The monoisotopic (exact) mass is 417 g/mol. The van der Waals surface area contributed by atoms with Gasteiger partial charge < -0.3 is 9.47 Å². The Balaban J connectivity index is 2.14. The summed E-state index contributed by atoms with van der Waals surface area (Å²) in [6, 6.07) is 14.4. The number of hydrogen-bond acceptors (Lipinski definition) is 4. The Morgan fingerprint density at radius 1 is 1.18 bits per heavy atom. The van der Waals surface area contributed by atoms with Crippen LogP contribution in [0.25, 0.3) is 0 Å². The molecule has 2 rings (SSSR count). The molecule has 0 aliphatic rings. The summed E-state index contributed by atoms with van der Waals surface area (Å²) < 4.78 is 11.4. The minimum atomic E-state index is -0.927. The SMILES string of the molecule is C#CC(OC(=O)C(CC=C(Cl)Cl)C(C)C)c1cccc(Oc2ccccc2)n1. The molecule has 28 heavy (non-hydrogen) atoms. The van der Waals surface area contributed by atoms with Gasteiger partial charge in [-0.25, -0.2) is 4.98 Å². The molecule has 0 aliphatic heterocycles. The maximum absolute atomic E-state index is 12.6. The normalized spacial score (nSPS) is 12.6. The highest BCUT2D eigenvalue weighted by atomic mass is 35.5. The Kier molecular flexibility index (Phi) is 8.38. The van der Waals surface area contributed by atoms with Crippen LogP contribution in [0.1, 0.15) is 32.1 Å². The summed E-state index contributed by atoms with van der Waals surface area (Å²) in [5.74, 6) is 2.64. The van der Waals surface area contributed by atoms with Crippen LogP contribution >= 0.6 is 23.2 Å². The topological polar surface area (TPSA) is 48.4 Å². The number of esters is 1. The average Bonchev–Trinajstić information content (AvgIpc) is 2.66. The maximum atomic E-state index is 12.6. The first-order chi connectivity index (χ1) is 13.4. The van der Waals surface area contributed by atoms with E-state index in [-0.39, 0.29) is 10.4 Å². The number of ether oxygens (including phenoxy) is 2. The Morgan fingerprint density at radius 3 is 2.50 bits per heavy atom. The molecule has 0 saturated heterocycles. The van der Waals surface area contributed by atoms with Crippen LogP contribution in [-0.4, -0.2) is 11.0 Å². The summed E-state index contributed by atoms with van der Waals surface area (Å²) in [7, 11) is 0. The van der Waals surface area contributed by atoms with E-state index in [1.807, 2.05) is 44.2 Å². The molecule has 0 bridgehead atoms. The third-order valence-electron chi connectivity index (χ3n) is 4.00. The summed E-state index contributed by atoms with van der Waals surface area (Å²) in [4.78, 5) is 17.0. The number of halogens is 2. The average molecular weight is 418 g/mol. The molecule has 6 heteroatoms. The zero-order valence-electron chi connectivity index (χ0n) is 15.6. The van der Waals surface area contributed by atoms with Crippen LogP contribution in [0, 0.1) is 24.2 Å². The van der Waals surface area contributed by atoms with Gasteiger partial charge in [-0.3, -0.25) is 4.79 Å². The molecule has 0 aliphatic carbocycles. The third-order valence-corrected chi connectivity index (χ3v) is 4.31. The van der Waals surface area contributed by atoms with Gasteiger partial charge in [-0.05, 0) is 30.5 Å². The second-order valence-corrected chi connectivity index (χ2v) is 7.39. The molecule has 1 aromatic heterocycles. The van der Waals surface area contributed by atoms with E-state index < -0.39 is 18.0 Å². The van der Waals surface area contributed by atoms with Gasteiger partial charge in [0.05, 0.1) is 11.6 Å². The fourth-order valence-corrected chi connectivity index (χ4v) is 2.66. The van der Waals surface area contributed by atoms with Crippen molar-refractivity contribution in [2.75, 3.05) is 0 Å². The lowest BCUT2D eigenvalue weighted by Gasteiger charge is -2.20. The van der Waals surface area contributed by atoms with Crippen LogP contribution in [-0.2, 0) is 9.53 Å². The van der Waals surface area contributed by atoms with Crippen LogP contribution in [0.3, 0.4) is 0 Å². The zero-order chi connectivity index (χ0) is 20.5. The maximum Gasteiger partial charge on any atom is 0.311 e. The highest BCUT2D eigenvalue weighted by Crippen LogP contribution is 2.26. The number of nitrogens with zero attached hydrogens (tertiary/aromatic N) is 1. The molecule has 0 saturated carbocycles. The Bertz CT molecular complexity index is 856. The van der Waals surface area contributed by atoms with Gasteiger partial charge in [-0.2, -0.15) is 0 Å². The summed E-state index contributed by atoms with van der Waals surface area (Å²) >= 11 is 11.3. The third kappa shape index (κ3) is 6.60. The lowest BCUT2D eigenvalue weighted by Crippen LogP contribution is -2.24. The van der Waals surface area contributed by atoms with Gasteiger partial charge in [0.2, 0.25) is 12.0 Å². The van der Waals surface area contributed by atoms with Gasteiger partial charge in [0.25, 0.3) is 0 Å². The van der Waals surface area contributed by atoms with Gasteiger partial charge in [-0.15, -0.1) is 6.42 Å². The van der Waals surface area contributed by atoms with E-state index in [9.17, 15) is 4.79 Å². The predicted molar refractivity (Wildman–Crippen MR) is 111 cm³/mol. The summed E-state index contributed by atoms with van der Waals surface area (Å²) in [5.41, 5.74) is 0.415.